The summed E-state index contributed by atoms with van der Waals surface area (Å²) < 4.78 is 30.8. The summed E-state index contributed by atoms with van der Waals surface area (Å²) in [5.74, 6) is -1.27. The maximum absolute atomic E-state index is 12.5. The molecule has 2 aromatic carbocycles. The second-order valence-corrected chi connectivity index (χ2v) is 9.18. The van der Waals surface area contributed by atoms with Gasteiger partial charge in [0.15, 0.2) is 6.61 Å². The summed E-state index contributed by atoms with van der Waals surface area (Å²) in [6.07, 6.45) is 1.61. The lowest BCUT2D eigenvalue weighted by atomic mass is 10.0. The van der Waals surface area contributed by atoms with Gasteiger partial charge in [0, 0.05) is 12.1 Å². The van der Waals surface area contributed by atoms with Gasteiger partial charge in [-0.1, -0.05) is 55.3 Å². The van der Waals surface area contributed by atoms with Crippen molar-refractivity contribution < 1.29 is 22.7 Å². The van der Waals surface area contributed by atoms with E-state index < -0.39 is 35.1 Å². The Kier molecular flexibility index (Phi) is 8.83. The van der Waals surface area contributed by atoms with E-state index in [2.05, 4.69) is 5.32 Å². The minimum absolute atomic E-state index is 0.00483. The number of halogens is 1. The maximum atomic E-state index is 12.5. The summed E-state index contributed by atoms with van der Waals surface area (Å²) in [5.41, 5.74) is 0.966. The Morgan fingerprint density at radius 3 is 2.33 bits per heavy atom. The number of likely N-dealkylation sites (N-methyl/N-ethyl adjacent to an activating group) is 1. The molecular weight excluding hydrogens is 428 g/mol. The quantitative estimate of drug-likeness (QED) is 0.559. The van der Waals surface area contributed by atoms with Gasteiger partial charge in [-0.3, -0.25) is 9.59 Å². The van der Waals surface area contributed by atoms with E-state index in [0.717, 1.165) is 22.7 Å². The van der Waals surface area contributed by atoms with Crippen LogP contribution in [0.3, 0.4) is 0 Å². The summed E-state index contributed by atoms with van der Waals surface area (Å²) in [4.78, 5) is 24.3. The number of ether oxygens (including phenoxy) is 1. The van der Waals surface area contributed by atoms with E-state index in [1.165, 1.54) is 31.3 Å². The van der Waals surface area contributed by atoms with Crippen LogP contribution < -0.4 is 5.32 Å². The zero-order valence-corrected chi connectivity index (χ0v) is 18.4. The van der Waals surface area contributed by atoms with Gasteiger partial charge in [-0.15, -0.1) is 0 Å². The molecule has 0 radical (unpaired) electrons. The monoisotopic (exact) mass is 452 g/mol. The van der Waals surface area contributed by atoms with E-state index in [9.17, 15) is 18.0 Å². The Morgan fingerprint density at radius 1 is 1.10 bits per heavy atom. The second-order valence-electron chi connectivity index (χ2n) is 6.70. The van der Waals surface area contributed by atoms with Crippen LogP contribution in [0.1, 0.15) is 31.4 Å². The first-order chi connectivity index (χ1) is 14.2. The molecule has 162 valence electrons. The fourth-order valence-corrected chi connectivity index (χ4v) is 4.02. The number of carbonyl (C=O) groups is 2. The third kappa shape index (κ3) is 6.83. The van der Waals surface area contributed by atoms with E-state index in [4.69, 9.17) is 16.3 Å². The third-order valence-electron chi connectivity index (χ3n) is 4.35. The van der Waals surface area contributed by atoms with Crippen LogP contribution in [0.2, 0.25) is 5.02 Å². The smallest absolute Gasteiger partial charge is 0.321 e. The molecule has 0 spiro atoms. The van der Waals surface area contributed by atoms with Crippen molar-refractivity contribution in [3.63, 3.8) is 0 Å². The number of nitrogens with one attached hydrogen (secondary N) is 1. The van der Waals surface area contributed by atoms with Gasteiger partial charge in [0.05, 0.1) is 10.9 Å². The topological polar surface area (TPSA) is 92.8 Å². The molecule has 0 heterocycles. The van der Waals surface area contributed by atoms with Crippen molar-refractivity contribution in [3.8, 4) is 0 Å². The highest BCUT2D eigenvalue weighted by atomic mass is 35.5. The van der Waals surface area contributed by atoms with Gasteiger partial charge in [0.1, 0.15) is 6.54 Å². The largest absolute Gasteiger partial charge is 0.455 e. The van der Waals surface area contributed by atoms with E-state index in [-0.39, 0.29) is 10.9 Å². The number of hydrogen-bond donors (Lipinski definition) is 1. The van der Waals surface area contributed by atoms with Crippen molar-refractivity contribution in [1.82, 2.24) is 9.62 Å². The molecule has 1 amide bonds. The summed E-state index contributed by atoms with van der Waals surface area (Å²) in [5, 5.41) is 3.25. The predicted molar refractivity (Wildman–Crippen MR) is 114 cm³/mol. The maximum Gasteiger partial charge on any atom is 0.321 e. The van der Waals surface area contributed by atoms with Crippen molar-refractivity contribution >= 4 is 33.5 Å². The standard InChI is InChI=1S/C21H25ClN2O5S/c1-3-7-19(16-8-5-4-6-9-16)23-20(25)15-29-21(26)14-24(2)30(27,28)18-12-10-17(22)11-13-18/h4-6,8-13,19H,3,7,14-15H2,1-2H3,(H,23,25). The highest BCUT2D eigenvalue weighted by Crippen LogP contribution is 2.18. The van der Waals surface area contributed by atoms with E-state index in [0.29, 0.717) is 5.02 Å². The lowest BCUT2D eigenvalue weighted by Crippen LogP contribution is -2.36. The highest BCUT2D eigenvalue weighted by Gasteiger charge is 2.24. The summed E-state index contributed by atoms with van der Waals surface area (Å²) in [6, 6.07) is 14.9. The molecule has 0 aliphatic carbocycles. The summed E-state index contributed by atoms with van der Waals surface area (Å²) >= 11 is 5.77. The number of benzene rings is 2. The van der Waals surface area contributed by atoms with Crippen LogP contribution in [0.15, 0.2) is 59.5 Å². The van der Waals surface area contributed by atoms with Crippen LogP contribution in [0.25, 0.3) is 0 Å². The third-order valence-corrected chi connectivity index (χ3v) is 6.42. The average Bonchev–Trinajstić information content (AvgIpc) is 2.73. The Morgan fingerprint density at radius 2 is 1.73 bits per heavy atom. The van der Waals surface area contributed by atoms with Crippen LogP contribution in [0, 0.1) is 0 Å². The zero-order valence-electron chi connectivity index (χ0n) is 16.9. The van der Waals surface area contributed by atoms with Crippen LogP contribution in [-0.4, -0.2) is 44.8 Å². The van der Waals surface area contributed by atoms with E-state index >= 15 is 0 Å². The fraction of sp³-hybridized carbons (Fsp3) is 0.333. The molecule has 0 fully saturated rings. The lowest BCUT2D eigenvalue weighted by molar-refractivity contribution is -0.148. The predicted octanol–water partition coefficient (Wildman–Crippen LogP) is 3.16. The molecule has 0 aliphatic rings. The van der Waals surface area contributed by atoms with Crippen LogP contribution >= 0.6 is 11.6 Å². The average molecular weight is 453 g/mol. The minimum atomic E-state index is -3.88. The molecule has 2 rings (SSSR count). The first kappa shape index (κ1) is 23.9. The zero-order chi connectivity index (χ0) is 22.1. The Bertz CT molecular complexity index is 949. The van der Waals surface area contributed by atoms with Gasteiger partial charge < -0.3 is 10.1 Å². The molecule has 1 atom stereocenters. The number of rotatable bonds is 10. The molecule has 0 bridgehead atoms. The Hall–Kier alpha value is -2.42. The molecule has 0 aliphatic heterocycles. The van der Waals surface area contributed by atoms with Crippen molar-refractivity contribution in [2.24, 2.45) is 0 Å². The number of sulfonamides is 1. The van der Waals surface area contributed by atoms with Crippen LogP contribution in [0.4, 0.5) is 0 Å². The van der Waals surface area contributed by atoms with Gasteiger partial charge in [0.25, 0.3) is 5.91 Å². The number of nitrogens with zero attached hydrogens (tertiary/aromatic N) is 1. The molecule has 1 N–H and O–H groups in total. The van der Waals surface area contributed by atoms with Crippen molar-refractivity contribution in [1.29, 1.82) is 0 Å². The van der Waals surface area contributed by atoms with Crippen molar-refractivity contribution in [2.75, 3.05) is 20.2 Å². The Balaban J connectivity index is 1.88. The number of carbonyl (C=O) groups excluding carboxylic acids is 2. The molecule has 2 aromatic rings. The molecule has 9 heteroatoms. The molecule has 30 heavy (non-hydrogen) atoms. The molecule has 7 nitrogen and oxygen atoms in total. The first-order valence-electron chi connectivity index (χ1n) is 9.46. The molecule has 0 aromatic heterocycles. The highest BCUT2D eigenvalue weighted by molar-refractivity contribution is 7.89. The van der Waals surface area contributed by atoms with E-state index in [1.807, 2.05) is 37.3 Å². The number of esters is 1. The summed E-state index contributed by atoms with van der Waals surface area (Å²) in [7, 11) is -2.62. The molecule has 1 unspecified atom stereocenters. The minimum Gasteiger partial charge on any atom is -0.455 e. The normalized spacial score (nSPS) is 12.4. The lowest BCUT2D eigenvalue weighted by Gasteiger charge is -2.19. The van der Waals surface area contributed by atoms with Gasteiger partial charge in [-0.25, -0.2) is 8.42 Å². The number of amides is 1. The SMILES string of the molecule is CCCC(NC(=O)COC(=O)CN(C)S(=O)(=O)c1ccc(Cl)cc1)c1ccccc1. The number of hydrogen-bond acceptors (Lipinski definition) is 5. The van der Waals surface area contributed by atoms with Gasteiger partial charge in [-0.2, -0.15) is 4.31 Å². The first-order valence-corrected chi connectivity index (χ1v) is 11.3. The van der Waals surface area contributed by atoms with Crippen LogP contribution in [-0.2, 0) is 24.3 Å². The molecular formula is C21H25ClN2O5S. The van der Waals surface area contributed by atoms with Crippen LogP contribution in [0.5, 0.6) is 0 Å². The van der Waals surface area contributed by atoms with Crippen molar-refractivity contribution in [2.45, 2.75) is 30.7 Å². The van der Waals surface area contributed by atoms with Gasteiger partial charge in [-0.05, 0) is 36.2 Å². The molecule has 0 saturated carbocycles. The fourth-order valence-electron chi connectivity index (χ4n) is 2.78. The van der Waals surface area contributed by atoms with E-state index in [1.54, 1.807) is 0 Å². The summed E-state index contributed by atoms with van der Waals surface area (Å²) in [6.45, 7) is 1.01. The van der Waals surface area contributed by atoms with Crippen molar-refractivity contribution in [3.05, 3.63) is 65.2 Å². The molecule has 0 saturated heterocycles. The van der Waals surface area contributed by atoms with Gasteiger partial charge >= 0.3 is 5.97 Å². The van der Waals surface area contributed by atoms with Gasteiger partial charge in [0.2, 0.25) is 10.0 Å². The second kappa shape index (κ2) is 11.1. The Labute approximate surface area is 182 Å².